The number of rotatable bonds is 4. The zero-order valence-corrected chi connectivity index (χ0v) is 19.1. The first-order chi connectivity index (χ1) is 15.7. The first-order valence-corrected chi connectivity index (χ1v) is 12.6. The summed E-state index contributed by atoms with van der Waals surface area (Å²) in [7, 11) is -2.45. The SMILES string of the molecule is O=[P+](Oc1cccc2c1Nc1ccccc1S2)Oc1cccc2c1Nc1ccccc1S2. The van der Waals surface area contributed by atoms with E-state index in [1.807, 2.05) is 60.7 Å². The Balaban J connectivity index is 1.24. The Morgan fingerprint density at radius 1 is 0.562 bits per heavy atom. The highest BCUT2D eigenvalue weighted by Gasteiger charge is 2.31. The average molecular weight is 476 g/mol. The lowest BCUT2D eigenvalue weighted by Gasteiger charge is -2.21. The van der Waals surface area contributed by atoms with E-state index in [2.05, 4.69) is 22.8 Å². The summed E-state index contributed by atoms with van der Waals surface area (Å²) in [6, 6.07) is 27.5. The standard InChI is InChI=1S/C24H16N2O3PS2/c27-30(28-17-9-5-13-21-23(17)25-15-7-1-3-11-19(15)31-21)29-18-10-6-14-22-24(18)26-16-8-2-4-12-20(16)32-22/h1-14,25-26H/q+1. The molecular weight excluding hydrogens is 459 g/mol. The van der Waals surface area contributed by atoms with Gasteiger partial charge in [0, 0.05) is 24.1 Å². The first kappa shape index (κ1) is 19.6. The summed E-state index contributed by atoms with van der Waals surface area (Å²) in [5.41, 5.74) is 3.57. The molecule has 5 nitrogen and oxygen atoms in total. The molecule has 32 heavy (non-hydrogen) atoms. The smallest absolute Gasteiger partial charge is 0.350 e. The summed E-state index contributed by atoms with van der Waals surface area (Å²) in [5, 5.41) is 6.79. The summed E-state index contributed by atoms with van der Waals surface area (Å²) in [5.74, 6) is 0.978. The fourth-order valence-corrected chi connectivity index (χ4v) is 6.28. The van der Waals surface area contributed by atoms with Gasteiger partial charge >= 0.3 is 8.25 Å². The van der Waals surface area contributed by atoms with E-state index in [9.17, 15) is 4.57 Å². The van der Waals surface area contributed by atoms with Gasteiger partial charge in [-0.1, -0.05) is 59.9 Å². The Labute approximate surface area is 194 Å². The summed E-state index contributed by atoms with van der Waals surface area (Å²) >= 11 is 3.30. The third-order valence-electron chi connectivity index (χ3n) is 5.06. The zero-order chi connectivity index (χ0) is 21.5. The van der Waals surface area contributed by atoms with Crippen molar-refractivity contribution >= 4 is 54.5 Å². The van der Waals surface area contributed by atoms with Crippen LogP contribution in [-0.4, -0.2) is 0 Å². The predicted molar refractivity (Wildman–Crippen MR) is 129 cm³/mol. The van der Waals surface area contributed by atoms with Crippen LogP contribution in [0.2, 0.25) is 0 Å². The van der Waals surface area contributed by atoms with Gasteiger partial charge in [0.25, 0.3) is 0 Å². The topological polar surface area (TPSA) is 59.6 Å². The quantitative estimate of drug-likeness (QED) is 0.249. The van der Waals surface area contributed by atoms with Crippen molar-refractivity contribution in [1.82, 2.24) is 0 Å². The number of para-hydroxylation sites is 4. The molecular formula is C24H16N2O3PS2+. The summed E-state index contributed by atoms with van der Waals surface area (Å²) in [6.45, 7) is 0. The second-order valence-electron chi connectivity index (χ2n) is 7.11. The molecule has 0 aromatic heterocycles. The van der Waals surface area contributed by atoms with E-state index in [0.717, 1.165) is 42.3 Å². The Hall–Kier alpha value is -3.12. The molecule has 2 aliphatic heterocycles. The van der Waals surface area contributed by atoms with Crippen LogP contribution in [0, 0.1) is 0 Å². The second-order valence-corrected chi connectivity index (χ2v) is 10.1. The first-order valence-electron chi connectivity index (χ1n) is 9.92. The number of hydrogen-bond acceptors (Lipinski definition) is 7. The minimum Gasteiger partial charge on any atom is -0.350 e. The van der Waals surface area contributed by atoms with Gasteiger partial charge in [-0.3, -0.25) is 0 Å². The van der Waals surface area contributed by atoms with Gasteiger partial charge < -0.3 is 10.6 Å². The second kappa shape index (κ2) is 8.10. The molecule has 6 rings (SSSR count). The monoisotopic (exact) mass is 475 g/mol. The summed E-state index contributed by atoms with van der Waals surface area (Å²) in [4.78, 5) is 4.29. The number of fused-ring (bicyclic) bond motifs is 4. The molecule has 156 valence electrons. The van der Waals surface area contributed by atoms with Gasteiger partial charge in [0.1, 0.15) is 11.4 Å². The minimum absolute atomic E-state index is 0.489. The van der Waals surface area contributed by atoms with Crippen LogP contribution >= 0.6 is 31.8 Å². The highest BCUT2D eigenvalue weighted by Crippen LogP contribution is 2.51. The minimum atomic E-state index is -2.45. The van der Waals surface area contributed by atoms with Crippen LogP contribution in [0.3, 0.4) is 0 Å². The average Bonchev–Trinajstić information content (AvgIpc) is 2.82. The maximum absolute atomic E-state index is 12.9. The van der Waals surface area contributed by atoms with Crippen LogP contribution in [0.25, 0.3) is 0 Å². The summed E-state index contributed by atoms with van der Waals surface area (Å²) < 4.78 is 24.4. The van der Waals surface area contributed by atoms with Gasteiger partial charge in [0.05, 0.1) is 11.4 Å². The van der Waals surface area contributed by atoms with Gasteiger partial charge in [-0.2, -0.15) is 0 Å². The number of benzene rings is 4. The molecule has 0 radical (unpaired) electrons. The maximum Gasteiger partial charge on any atom is 0.805 e. The lowest BCUT2D eigenvalue weighted by atomic mass is 10.2. The Morgan fingerprint density at radius 2 is 1.00 bits per heavy atom. The molecule has 0 fully saturated rings. The molecule has 0 saturated heterocycles. The number of anilines is 4. The number of hydrogen-bond donors (Lipinski definition) is 2. The van der Waals surface area contributed by atoms with Crippen LogP contribution in [-0.2, 0) is 4.57 Å². The fraction of sp³-hybridized carbons (Fsp3) is 0. The van der Waals surface area contributed by atoms with Crippen molar-refractivity contribution in [2.75, 3.05) is 10.6 Å². The van der Waals surface area contributed by atoms with E-state index < -0.39 is 8.25 Å². The van der Waals surface area contributed by atoms with Crippen molar-refractivity contribution in [3.05, 3.63) is 84.9 Å². The molecule has 2 aliphatic rings. The van der Waals surface area contributed by atoms with E-state index >= 15 is 0 Å². The lowest BCUT2D eigenvalue weighted by molar-refractivity contribution is 0.416. The van der Waals surface area contributed by atoms with Crippen LogP contribution in [0.5, 0.6) is 11.5 Å². The number of nitrogens with one attached hydrogen (secondary N) is 2. The Bertz CT molecular complexity index is 1280. The van der Waals surface area contributed by atoms with Crippen LogP contribution in [0.1, 0.15) is 0 Å². The molecule has 0 spiro atoms. The predicted octanol–water partition coefficient (Wildman–Crippen LogP) is 8.22. The van der Waals surface area contributed by atoms with Gasteiger partial charge in [-0.25, -0.2) is 9.05 Å². The lowest BCUT2D eigenvalue weighted by Crippen LogP contribution is -2.03. The van der Waals surface area contributed by atoms with Crippen LogP contribution < -0.4 is 19.7 Å². The van der Waals surface area contributed by atoms with E-state index in [0.29, 0.717) is 11.5 Å². The third-order valence-corrected chi connectivity index (χ3v) is 8.02. The maximum atomic E-state index is 12.9. The van der Waals surface area contributed by atoms with E-state index in [1.165, 1.54) is 0 Å². The third kappa shape index (κ3) is 3.58. The molecule has 0 atom stereocenters. The zero-order valence-electron chi connectivity index (χ0n) is 16.6. The molecule has 0 bridgehead atoms. The van der Waals surface area contributed by atoms with Crippen LogP contribution in [0.15, 0.2) is 105 Å². The highest BCUT2D eigenvalue weighted by atomic mass is 32.2. The Kier molecular flexibility index (Phi) is 4.95. The van der Waals surface area contributed by atoms with E-state index in [-0.39, 0.29) is 0 Å². The van der Waals surface area contributed by atoms with Gasteiger partial charge in [0.2, 0.25) is 11.5 Å². The van der Waals surface area contributed by atoms with Crippen LogP contribution in [0.4, 0.5) is 22.7 Å². The molecule has 2 heterocycles. The van der Waals surface area contributed by atoms with Crippen molar-refractivity contribution in [3.63, 3.8) is 0 Å². The molecule has 0 amide bonds. The molecule has 0 saturated carbocycles. The van der Waals surface area contributed by atoms with Crippen molar-refractivity contribution in [2.45, 2.75) is 19.6 Å². The molecule has 0 aliphatic carbocycles. The molecule has 0 unspecified atom stereocenters. The summed E-state index contributed by atoms with van der Waals surface area (Å²) in [6.07, 6.45) is 0. The largest absolute Gasteiger partial charge is 0.805 e. The Morgan fingerprint density at radius 3 is 1.50 bits per heavy atom. The van der Waals surface area contributed by atoms with Gasteiger partial charge in [-0.15, -0.1) is 0 Å². The van der Waals surface area contributed by atoms with Crippen molar-refractivity contribution in [3.8, 4) is 11.5 Å². The van der Waals surface area contributed by atoms with Crippen molar-refractivity contribution < 1.29 is 13.6 Å². The van der Waals surface area contributed by atoms with Crippen molar-refractivity contribution in [1.29, 1.82) is 0 Å². The highest BCUT2D eigenvalue weighted by molar-refractivity contribution is 8.00. The molecule has 8 heteroatoms. The van der Waals surface area contributed by atoms with Gasteiger partial charge in [0.15, 0.2) is 0 Å². The molecule has 4 aromatic carbocycles. The van der Waals surface area contributed by atoms with Crippen molar-refractivity contribution in [2.24, 2.45) is 0 Å². The fourth-order valence-electron chi connectivity index (χ4n) is 3.59. The molecule has 4 aromatic rings. The van der Waals surface area contributed by atoms with Gasteiger partial charge in [-0.05, 0) is 48.5 Å². The van der Waals surface area contributed by atoms with E-state index in [1.54, 1.807) is 35.7 Å². The molecule has 2 N–H and O–H groups in total. The van der Waals surface area contributed by atoms with E-state index in [4.69, 9.17) is 9.05 Å². The normalized spacial score (nSPS) is 12.8.